The summed E-state index contributed by atoms with van der Waals surface area (Å²) in [5, 5.41) is 0. The number of carbonyl (C=O) groups is 1. The predicted molar refractivity (Wildman–Crippen MR) is 60.5 cm³/mol. The van der Waals surface area contributed by atoms with Gasteiger partial charge >= 0.3 is 0 Å². The Kier molecular flexibility index (Phi) is 2.86. The molecular weight excluding hydrogens is 194 g/mol. The molecule has 1 amide bonds. The number of rotatable bonds is 3. The van der Waals surface area contributed by atoms with Gasteiger partial charge in [0, 0.05) is 19.5 Å². The molecule has 0 spiro atoms. The lowest BCUT2D eigenvalue weighted by Crippen LogP contribution is -2.35. The van der Waals surface area contributed by atoms with Gasteiger partial charge in [0.2, 0.25) is 5.91 Å². The molecule has 1 fully saturated rings. The van der Waals surface area contributed by atoms with E-state index in [0.29, 0.717) is 12.3 Å². The van der Waals surface area contributed by atoms with Crippen molar-refractivity contribution >= 4 is 18.5 Å². The summed E-state index contributed by atoms with van der Waals surface area (Å²) >= 11 is 4.32. The Balaban J connectivity index is 1.86. The summed E-state index contributed by atoms with van der Waals surface area (Å²) in [6.45, 7) is 1.71. The van der Waals surface area contributed by atoms with Gasteiger partial charge in [-0.1, -0.05) is 12.2 Å². The molecule has 3 heteroatoms. The zero-order valence-corrected chi connectivity index (χ0v) is 9.30. The van der Waals surface area contributed by atoms with Crippen LogP contribution in [-0.2, 0) is 4.79 Å². The molecule has 1 aliphatic heterocycles. The second kappa shape index (κ2) is 3.97. The molecule has 14 heavy (non-hydrogen) atoms. The third-order valence-electron chi connectivity index (χ3n) is 3.23. The van der Waals surface area contributed by atoms with Gasteiger partial charge in [0.05, 0.1) is 0 Å². The van der Waals surface area contributed by atoms with E-state index >= 15 is 0 Å². The van der Waals surface area contributed by atoms with Gasteiger partial charge in [-0.05, 0) is 30.4 Å². The Labute approximate surface area is 90.8 Å². The van der Waals surface area contributed by atoms with E-state index in [0.717, 1.165) is 25.3 Å². The molecule has 1 heterocycles. The van der Waals surface area contributed by atoms with E-state index in [1.807, 2.05) is 4.90 Å². The summed E-state index contributed by atoms with van der Waals surface area (Å²) in [7, 11) is 0. The summed E-state index contributed by atoms with van der Waals surface area (Å²) in [5.41, 5.74) is 0.265. The van der Waals surface area contributed by atoms with Crippen molar-refractivity contribution in [3.05, 3.63) is 12.2 Å². The maximum absolute atomic E-state index is 11.9. The quantitative estimate of drug-likeness (QED) is 0.558. The van der Waals surface area contributed by atoms with Crippen molar-refractivity contribution in [2.75, 3.05) is 18.8 Å². The molecule has 2 rings (SSSR count). The van der Waals surface area contributed by atoms with Crippen molar-refractivity contribution in [3.8, 4) is 0 Å². The van der Waals surface area contributed by atoms with Gasteiger partial charge in [0.1, 0.15) is 0 Å². The Morgan fingerprint density at radius 2 is 2.21 bits per heavy atom. The lowest BCUT2D eigenvalue weighted by molar-refractivity contribution is -0.131. The summed E-state index contributed by atoms with van der Waals surface area (Å²) in [6.07, 6.45) is 8.33. The van der Waals surface area contributed by atoms with Crippen molar-refractivity contribution in [1.29, 1.82) is 0 Å². The number of nitrogens with zero attached hydrogens (tertiary/aromatic N) is 1. The van der Waals surface area contributed by atoms with Crippen molar-refractivity contribution in [2.24, 2.45) is 5.41 Å². The van der Waals surface area contributed by atoms with E-state index in [2.05, 4.69) is 24.8 Å². The minimum Gasteiger partial charge on any atom is -0.339 e. The van der Waals surface area contributed by atoms with Gasteiger partial charge in [-0.25, -0.2) is 0 Å². The SMILES string of the molecule is O=C(CC1(CS)CC1)N1CC=CCC1. The molecule has 0 aromatic rings. The van der Waals surface area contributed by atoms with E-state index in [4.69, 9.17) is 0 Å². The van der Waals surface area contributed by atoms with Crippen LogP contribution in [0.5, 0.6) is 0 Å². The van der Waals surface area contributed by atoms with E-state index in [-0.39, 0.29) is 5.41 Å². The number of amides is 1. The zero-order chi connectivity index (χ0) is 10.0. The molecule has 1 aliphatic carbocycles. The summed E-state index contributed by atoms with van der Waals surface area (Å²) in [6, 6.07) is 0. The molecule has 0 bridgehead atoms. The maximum Gasteiger partial charge on any atom is 0.223 e. The topological polar surface area (TPSA) is 20.3 Å². The molecule has 0 N–H and O–H groups in total. The Hall–Kier alpha value is -0.440. The van der Waals surface area contributed by atoms with Crippen LogP contribution in [0.3, 0.4) is 0 Å². The van der Waals surface area contributed by atoms with Crippen molar-refractivity contribution in [2.45, 2.75) is 25.7 Å². The molecule has 0 unspecified atom stereocenters. The highest BCUT2D eigenvalue weighted by atomic mass is 32.1. The molecule has 1 saturated carbocycles. The largest absolute Gasteiger partial charge is 0.339 e. The van der Waals surface area contributed by atoms with Crippen LogP contribution in [0.2, 0.25) is 0 Å². The van der Waals surface area contributed by atoms with Crippen LogP contribution in [0.15, 0.2) is 12.2 Å². The second-order valence-corrected chi connectivity index (χ2v) is 4.75. The standard InChI is InChI=1S/C11H17NOS/c13-10(8-11(9-14)4-5-11)12-6-2-1-3-7-12/h1-2,14H,3-9H2. The first-order valence-corrected chi connectivity index (χ1v) is 5.93. The van der Waals surface area contributed by atoms with Gasteiger partial charge < -0.3 is 4.90 Å². The normalized spacial score (nSPS) is 23.6. The molecule has 0 aromatic carbocycles. The Morgan fingerprint density at radius 3 is 2.71 bits per heavy atom. The predicted octanol–water partition coefficient (Wildman–Crippen LogP) is 1.88. The third kappa shape index (κ3) is 2.14. The van der Waals surface area contributed by atoms with Gasteiger partial charge in [0.15, 0.2) is 0 Å². The highest BCUT2D eigenvalue weighted by Crippen LogP contribution is 2.49. The van der Waals surface area contributed by atoms with E-state index in [1.165, 1.54) is 12.8 Å². The number of carbonyl (C=O) groups excluding carboxylic acids is 1. The van der Waals surface area contributed by atoms with E-state index in [9.17, 15) is 4.79 Å². The number of hydrogen-bond acceptors (Lipinski definition) is 2. The average Bonchev–Trinajstić information content (AvgIpc) is 3.00. The summed E-state index contributed by atoms with van der Waals surface area (Å²) < 4.78 is 0. The molecule has 2 nitrogen and oxygen atoms in total. The Morgan fingerprint density at radius 1 is 1.43 bits per heavy atom. The van der Waals surface area contributed by atoms with Gasteiger partial charge in [0.25, 0.3) is 0 Å². The number of thiol groups is 1. The van der Waals surface area contributed by atoms with Crippen LogP contribution in [0.25, 0.3) is 0 Å². The minimum absolute atomic E-state index is 0.265. The average molecular weight is 211 g/mol. The smallest absolute Gasteiger partial charge is 0.223 e. The first-order valence-electron chi connectivity index (χ1n) is 5.29. The minimum atomic E-state index is 0.265. The van der Waals surface area contributed by atoms with Crippen molar-refractivity contribution < 1.29 is 4.79 Å². The maximum atomic E-state index is 11.9. The van der Waals surface area contributed by atoms with Crippen LogP contribution < -0.4 is 0 Å². The zero-order valence-electron chi connectivity index (χ0n) is 8.41. The first kappa shape index (κ1) is 10.1. The van der Waals surface area contributed by atoms with Crippen LogP contribution in [-0.4, -0.2) is 29.6 Å². The van der Waals surface area contributed by atoms with Gasteiger partial charge in [-0.15, -0.1) is 0 Å². The molecule has 78 valence electrons. The monoisotopic (exact) mass is 211 g/mol. The highest BCUT2D eigenvalue weighted by molar-refractivity contribution is 7.80. The van der Waals surface area contributed by atoms with Crippen LogP contribution in [0, 0.1) is 5.41 Å². The van der Waals surface area contributed by atoms with Crippen LogP contribution in [0.4, 0.5) is 0 Å². The molecule has 0 atom stereocenters. The molecular formula is C11H17NOS. The summed E-state index contributed by atoms with van der Waals surface area (Å²) in [4.78, 5) is 13.8. The molecule has 2 aliphatic rings. The molecule has 0 aromatic heterocycles. The van der Waals surface area contributed by atoms with Crippen molar-refractivity contribution in [3.63, 3.8) is 0 Å². The molecule has 0 saturated heterocycles. The first-order chi connectivity index (χ1) is 6.76. The fraction of sp³-hybridized carbons (Fsp3) is 0.727. The summed E-state index contributed by atoms with van der Waals surface area (Å²) in [5.74, 6) is 1.18. The fourth-order valence-electron chi connectivity index (χ4n) is 1.87. The van der Waals surface area contributed by atoms with E-state index in [1.54, 1.807) is 0 Å². The lowest BCUT2D eigenvalue weighted by atomic mass is 10.0. The Bertz CT molecular complexity index is 258. The van der Waals surface area contributed by atoms with Gasteiger partial charge in [-0.2, -0.15) is 12.6 Å². The van der Waals surface area contributed by atoms with E-state index < -0.39 is 0 Å². The fourth-order valence-corrected chi connectivity index (χ4v) is 2.30. The van der Waals surface area contributed by atoms with Gasteiger partial charge in [-0.3, -0.25) is 4.79 Å². The van der Waals surface area contributed by atoms with Crippen LogP contribution >= 0.6 is 12.6 Å². The second-order valence-electron chi connectivity index (χ2n) is 4.43. The lowest BCUT2D eigenvalue weighted by Gasteiger charge is -2.25. The highest BCUT2D eigenvalue weighted by Gasteiger charge is 2.43. The van der Waals surface area contributed by atoms with Crippen molar-refractivity contribution in [1.82, 2.24) is 4.90 Å². The van der Waals surface area contributed by atoms with Crippen LogP contribution in [0.1, 0.15) is 25.7 Å². The number of hydrogen-bond donors (Lipinski definition) is 1. The molecule has 0 radical (unpaired) electrons. The third-order valence-corrected chi connectivity index (χ3v) is 3.90.